The molecule has 0 aliphatic carbocycles. The Kier molecular flexibility index (Phi) is 14.0. The molecule has 0 aliphatic heterocycles. The molecule has 0 atom stereocenters. The molecule has 42 heavy (non-hydrogen) atoms. The molecule has 3 aromatic carbocycles. The minimum atomic E-state index is -1.30. The zero-order valence-corrected chi connectivity index (χ0v) is 23.1. The van der Waals surface area contributed by atoms with Crippen LogP contribution in [-0.4, -0.2) is 16.1 Å². The minimum absolute atomic E-state index is 0. The molecule has 0 spiro atoms. The molecule has 0 unspecified atom stereocenters. The summed E-state index contributed by atoms with van der Waals surface area (Å²) in [5.74, 6) is -6.95. The third-order valence-electron chi connectivity index (χ3n) is 5.16. The fourth-order valence-electron chi connectivity index (χ4n) is 3.43. The number of rotatable bonds is 6. The largest absolute Gasteiger partial charge is 0.445 e. The number of carbonyl (C=O) groups excluding carboxylic acids is 2. The lowest BCUT2D eigenvalue weighted by Gasteiger charge is -2.08. The van der Waals surface area contributed by atoms with Crippen molar-refractivity contribution in [2.75, 3.05) is 5.32 Å². The second kappa shape index (κ2) is 16.4. The van der Waals surface area contributed by atoms with Gasteiger partial charge < -0.3 is 9.73 Å². The highest BCUT2D eigenvalue weighted by Gasteiger charge is 2.20. The molecule has 0 fully saturated rings. The van der Waals surface area contributed by atoms with Gasteiger partial charge in [-0.25, -0.2) is 31.3 Å². The van der Waals surface area contributed by atoms with Gasteiger partial charge in [-0.2, -0.15) is 0 Å². The van der Waals surface area contributed by atoms with Crippen molar-refractivity contribution in [2.45, 2.75) is 48.0 Å². The molecule has 4 aromatic rings. The predicted octanol–water partition coefficient (Wildman–Crippen LogP) is 9.42. The van der Waals surface area contributed by atoms with E-state index < -0.39 is 57.2 Å². The molecule has 0 bridgehead atoms. The first-order valence-corrected chi connectivity index (χ1v) is 12.7. The quantitative estimate of drug-likeness (QED) is 0.173. The number of aromatic nitrogens is 1. The van der Waals surface area contributed by atoms with Gasteiger partial charge in [-0.1, -0.05) is 40.3 Å². The van der Waals surface area contributed by atoms with Crippen molar-refractivity contribution in [2.24, 2.45) is 0 Å². The maximum absolute atomic E-state index is 13.7. The van der Waals surface area contributed by atoms with Crippen LogP contribution in [0.4, 0.5) is 32.0 Å². The van der Waals surface area contributed by atoms with E-state index in [1.165, 1.54) is 0 Å². The number of anilines is 1. The Labute approximate surface area is 244 Å². The zero-order chi connectivity index (χ0) is 30.9. The summed E-state index contributed by atoms with van der Waals surface area (Å²) < 4.78 is 83.4. The molecule has 0 aliphatic rings. The molecule has 0 saturated heterocycles. The van der Waals surface area contributed by atoms with Gasteiger partial charge in [-0.3, -0.25) is 9.59 Å². The summed E-state index contributed by atoms with van der Waals surface area (Å²) in [6.07, 6.45) is 1.66. The maximum Gasteiger partial charge on any atom is 0.261 e. The lowest BCUT2D eigenvalue weighted by molar-refractivity contribution is 0.101. The average molecular weight is 615 g/mol. The van der Waals surface area contributed by atoms with Crippen LogP contribution in [0.25, 0.3) is 11.3 Å². The number of carbonyl (C=O) groups is 2. The molecular formula is C30H29ClF6N2O3. The molecule has 5 nitrogen and oxygen atoms in total. The van der Waals surface area contributed by atoms with Crippen molar-refractivity contribution in [1.29, 1.82) is 0 Å². The van der Waals surface area contributed by atoms with Gasteiger partial charge in [0.15, 0.2) is 5.89 Å². The fraction of sp³-hybridized carbons (Fsp3) is 0.233. The molecule has 1 heterocycles. The summed E-state index contributed by atoms with van der Waals surface area (Å²) >= 11 is 4.82. The monoisotopic (exact) mass is 614 g/mol. The van der Waals surface area contributed by atoms with Crippen LogP contribution in [0.1, 0.15) is 67.0 Å². The summed E-state index contributed by atoms with van der Waals surface area (Å²) in [5, 5.41) is 1.11. The zero-order valence-electron chi connectivity index (χ0n) is 22.4. The summed E-state index contributed by atoms with van der Waals surface area (Å²) in [4.78, 5) is 26.9. The standard InChI is InChI=1S/C20H17F3N2O2.C7H2ClF3O.C2H6.CH4/c1-3-4-17-25-19(11(2)27-17)12-5-7-14(8-6-12)24-20(26)18-15(22)9-13(21)10-16(18)23;8-7(12)6-4(10)1-3(9)2-5(6)11;1-2;/h5-10H,3-4H2,1-2H3,(H,24,26);1-2H;1-2H3;1H4. The number of aryl methyl sites for hydroxylation is 2. The van der Waals surface area contributed by atoms with E-state index in [0.29, 0.717) is 47.3 Å². The van der Waals surface area contributed by atoms with Crippen LogP contribution in [0.2, 0.25) is 0 Å². The first-order valence-electron chi connectivity index (χ1n) is 12.3. The Bertz CT molecular complexity index is 1480. The lowest BCUT2D eigenvalue weighted by atomic mass is 10.1. The van der Waals surface area contributed by atoms with Crippen LogP contribution in [0.3, 0.4) is 0 Å². The maximum atomic E-state index is 13.7. The van der Waals surface area contributed by atoms with Gasteiger partial charge in [0.2, 0.25) is 0 Å². The van der Waals surface area contributed by atoms with Crippen molar-refractivity contribution >= 4 is 28.4 Å². The van der Waals surface area contributed by atoms with Gasteiger partial charge in [0, 0.05) is 41.9 Å². The van der Waals surface area contributed by atoms with Gasteiger partial charge in [0.05, 0.1) is 0 Å². The predicted molar refractivity (Wildman–Crippen MR) is 150 cm³/mol. The van der Waals surface area contributed by atoms with Gasteiger partial charge in [-0.15, -0.1) is 0 Å². The van der Waals surface area contributed by atoms with Gasteiger partial charge in [0.1, 0.15) is 57.5 Å². The second-order valence-corrected chi connectivity index (χ2v) is 8.40. The molecule has 12 heteroatoms. The molecule has 4 rings (SSSR count). The van der Waals surface area contributed by atoms with E-state index in [4.69, 9.17) is 16.0 Å². The average Bonchev–Trinajstić information content (AvgIpc) is 3.24. The fourth-order valence-corrected chi connectivity index (χ4v) is 3.61. The first kappa shape index (κ1) is 35.9. The van der Waals surface area contributed by atoms with Crippen LogP contribution in [-0.2, 0) is 6.42 Å². The van der Waals surface area contributed by atoms with Gasteiger partial charge in [-0.05, 0) is 37.1 Å². The van der Waals surface area contributed by atoms with Gasteiger partial charge in [0.25, 0.3) is 11.1 Å². The molecule has 1 aromatic heterocycles. The van der Waals surface area contributed by atoms with Crippen molar-refractivity contribution in [3.8, 4) is 11.3 Å². The lowest BCUT2D eigenvalue weighted by Crippen LogP contribution is -2.16. The molecule has 1 amide bonds. The summed E-state index contributed by atoms with van der Waals surface area (Å²) in [5.41, 5.74) is 0.0552. The Morgan fingerprint density at radius 3 is 1.71 bits per heavy atom. The summed E-state index contributed by atoms with van der Waals surface area (Å²) in [7, 11) is 0. The molecule has 1 N–H and O–H groups in total. The van der Waals surface area contributed by atoms with Crippen molar-refractivity contribution in [3.63, 3.8) is 0 Å². The van der Waals surface area contributed by atoms with Crippen LogP contribution in [0, 0.1) is 41.8 Å². The van der Waals surface area contributed by atoms with E-state index in [1.54, 1.807) is 24.3 Å². The minimum Gasteiger partial charge on any atom is -0.445 e. The number of nitrogens with zero attached hydrogens (tertiary/aromatic N) is 1. The first-order chi connectivity index (χ1) is 19.4. The van der Waals surface area contributed by atoms with Crippen molar-refractivity contribution in [3.05, 3.63) is 106 Å². The molecule has 0 radical (unpaired) electrons. The number of halogens is 7. The number of hydrogen-bond donors (Lipinski definition) is 1. The summed E-state index contributed by atoms with van der Waals surface area (Å²) in [6, 6.07) is 8.30. The number of benzene rings is 3. The van der Waals surface area contributed by atoms with E-state index in [1.807, 2.05) is 27.7 Å². The van der Waals surface area contributed by atoms with E-state index in [9.17, 15) is 35.9 Å². The third kappa shape index (κ3) is 9.20. The summed E-state index contributed by atoms with van der Waals surface area (Å²) in [6.45, 7) is 7.85. The van der Waals surface area contributed by atoms with Crippen molar-refractivity contribution < 1.29 is 40.3 Å². The highest BCUT2D eigenvalue weighted by Crippen LogP contribution is 2.26. The Hall–Kier alpha value is -4.12. The van der Waals surface area contributed by atoms with Crippen LogP contribution < -0.4 is 5.32 Å². The number of amides is 1. The molecule has 0 saturated carbocycles. The third-order valence-corrected chi connectivity index (χ3v) is 5.35. The normalized spacial score (nSPS) is 9.98. The Balaban J connectivity index is 0.000000495. The highest BCUT2D eigenvalue weighted by molar-refractivity contribution is 6.67. The van der Waals surface area contributed by atoms with E-state index >= 15 is 0 Å². The van der Waals surface area contributed by atoms with E-state index in [-0.39, 0.29) is 7.43 Å². The van der Waals surface area contributed by atoms with Crippen LogP contribution in [0.5, 0.6) is 0 Å². The Morgan fingerprint density at radius 1 is 0.833 bits per heavy atom. The van der Waals surface area contributed by atoms with E-state index in [2.05, 4.69) is 10.3 Å². The van der Waals surface area contributed by atoms with Gasteiger partial charge >= 0.3 is 0 Å². The van der Waals surface area contributed by atoms with Crippen LogP contribution in [0.15, 0.2) is 52.9 Å². The van der Waals surface area contributed by atoms with Crippen molar-refractivity contribution in [1.82, 2.24) is 4.98 Å². The highest BCUT2D eigenvalue weighted by atomic mass is 35.5. The Morgan fingerprint density at radius 2 is 1.29 bits per heavy atom. The number of nitrogens with one attached hydrogen (secondary N) is 1. The molecular weight excluding hydrogens is 586 g/mol. The van der Waals surface area contributed by atoms with E-state index in [0.717, 1.165) is 18.4 Å². The SMILES string of the molecule is C.CC.CCCc1nc(-c2ccc(NC(=O)c3c(F)cc(F)cc3F)cc2)c(C)o1.O=C(Cl)c1c(F)cc(F)cc1F. The topological polar surface area (TPSA) is 72.2 Å². The van der Waals surface area contributed by atoms with Crippen LogP contribution >= 0.6 is 11.6 Å². The smallest absolute Gasteiger partial charge is 0.261 e. The number of hydrogen-bond acceptors (Lipinski definition) is 4. The molecule has 226 valence electrons. The second-order valence-electron chi connectivity index (χ2n) is 8.06. The number of oxazole rings is 1.